The molecule has 9 nitrogen and oxygen atoms in total. The number of halogens is 2. The van der Waals surface area contributed by atoms with Gasteiger partial charge < -0.3 is 15.7 Å². The van der Waals surface area contributed by atoms with E-state index in [1.165, 1.54) is 30.5 Å². The van der Waals surface area contributed by atoms with Crippen LogP contribution in [-0.2, 0) is 4.79 Å². The fraction of sp³-hybridized carbons (Fsp3) is 0.345. The van der Waals surface area contributed by atoms with Crippen LogP contribution in [0, 0.1) is 11.6 Å². The van der Waals surface area contributed by atoms with Gasteiger partial charge in [-0.3, -0.25) is 14.6 Å². The fourth-order valence-electron chi connectivity index (χ4n) is 6.28. The molecule has 1 unspecified atom stereocenters. The third kappa shape index (κ3) is 4.21. The number of fused-ring (bicyclic) bond motifs is 3. The molecule has 206 valence electrons. The predicted octanol–water partition coefficient (Wildman–Crippen LogP) is 4.14. The molecule has 4 atom stereocenters. The van der Waals surface area contributed by atoms with Gasteiger partial charge in [-0.05, 0) is 57.7 Å². The number of aliphatic hydroxyl groups is 1. The van der Waals surface area contributed by atoms with E-state index in [9.17, 15) is 23.5 Å². The molecule has 2 fully saturated rings. The number of nitrogens with zero attached hydrogens (tertiary/aromatic N) is 5. The topological polar surface area (TPSA) is 127 Å². The van der Waals surface area contributed by atoms with Crippen molar-refractivity contribution < 1.29 is 23.5 Å². The molecule has 3 N–H and O–H groups in total. The van der Waals surface area contributed by atoms with Crippen LogP contribution in [0.4, 0.5) is 14.6 Å². The first-order valence-corrected chi connectivity index (χ1v) is 13.2. The Morgan fingerprint density at radius 2 is 1.80 bits per heavy atom. The molecule has 0 saturated carbocycles. The van der Waals surface area contributed by atoms with Gasteiger partial charge in [0.25, 0.3) is 5.91 Å². The molecule has 40 heavy (non-hydrogen) atoms. The molecule has 2 aliphatic rings. The van der Waals surface area contributed by atoms with Crippen molar-refractivity contribution in [1.82, 2.24) is 24.5 Å². The van der Waals surface area contributed by atoms with Crippen LogP contribution in [-0.4, -0.2) is 59.5 Å². The number of Topliss-reactive ketones (excluding diaryl/α,β-unsaturated/α-hetero) is 1. The van der Waals surface area contributed by atoms with E-state index in [-0.39, 0.29) is 41.1 Å². The number of aromatic nitrogens is 4. The van der Waals surface area contributed by atoms with Gasteiger partial charge in [-0.2, -0.15) is 9.61 Å². The Labute approximate surface area is 228 Å². The van der Waals surface area contributed by atoms with Gasteiger partial charge in [0, 0.05) is 47.0 Å². The minimum atomic E-state index is -1.06. The van der Waals surface area contributed by atoms with E-state index >= 15 is 0 Å². The van der Waals surface area contributed by atoms with Crippen LogP contribution in [0.2, 0.25) is 0 Å². The van der Waals surface area contributed by atoms with Crippen LogP contribution in [0.25, 0.3) is 28.0 Å². The molecule has 2 bridgehead atoms. The van der Waals surface area contributed by atoms with E-state index in [1.54, 1.807) is 29.4 Å². The van der Waals surface area contributed by atoms with Crippen LogP contribution < -0.4 is 5.73 Å². The molecule has 0 aliphatic carbocycles. The normalized spacial score (nSPS) is 21.1. The van der Waals surface area contributed by atoms with Crippen molar-refractivity contribution in [2.24, 2.45) is 0 Å². The molecule has 1 aromatic carbocycles. The molecule has 0 radical (unpaired) electrons. The lowest BCUT2D eigenvalue weighted by atomic mass is 9.85. The number of ketones is 1. The van der Waals surface area contributed by atoms with Crippen molar-refractivity contribution >= 4 is 23.2 Å². The van der Waals surface area contributed by atoms with Gasteiger partial charge in [-0.25, -0.2) is 13.8 Å². The highest BCUT2D eigenvalue weighted by atomic mass is 19.1. The van der Waals surface area contributed by atoms with Gasteiger partial charge in [0.15, 0.2) is 11.4 Å². The number of carbonyl (C=O) groups is 2. The van der Waals surface area contributed by atoms with E-state index in [1.807, 2.05) is 0 Å². The number of hydrogen-bond donors (Lipinski definition) is 2. The molecule has 6 rings (SSSR count). The van der Waals surface area contributed by atoms with E-state index in [4.69, 9.17) is 10.7 Å². The maximum atomic E-state index is 14.3. The number of pyridine rings is 1. The Bertz CT molecular complexity index is 1640. The highest BCUT2D eigenvalue weighted by Gasteiger charge is 2.45. The number of rotatable bonds is 5. The summed E-state index contributed by atoms with van der Waals surface area (Å²) in [6, 6.07) is 6.63. The first kappa shape index (κ1) is 26.0. The number of nitrogens with two attached hydrogens (primary N) is 1. The summed E-state index contributed by atoms with van der Waals surface area (Å²) in [6.07, 6.45) is 4.98. The number of hydrogen-bond acceptors (Lipinski definition) is 7. The number of amides is 1. The second-order valence-electron chi connectivity index (χ2n) is 10.6. The first-order chi connectivity index (χ1) is 19.1. The number of nitrogen functional groups attached to an aromatic ring is 1. The number of carbonyl (C=O) groups excluding carboxylic acids is 2. The molecule has 1 amide bonds. The maximum Gasteiger partial charge on any atom is 0.251 e. The van der Waals surface area contributed by atoms with Crippen LogP contribution in [0.1, 0.15) is 61.5 Å². The summed E-state index contributed by atoms with van der Waals surface area (Å²) in [5, 5.41) is 14.3. The van der Waals surface area contributed by atoms with Crippen molar-refractivity contribution in [3.63, 3.8) is 0 Å². The minimum Gasteiger partial charge on any atom is -0.384 e. The lowest BCUT2D eigenvalue weighted by molar-refractivity contribution is -0.144. The molecule has 0 spiro atoms. The summed E-state index contributed by atoms with van der Waals surface area (Å²) in [5.41, 5.74) is 9.67. The average Bonchev–Trinajstić information content (AvgIpc) is 3.46. The van der Waals surface area contributed by atoms with Crippen LogP contribution in [0.5, 0.6) is 0 Å². The van der Waals surface area contributed by atoms with Crippen LogP contribution in [0.3, 0.4) is 0 Å². The van der Waals surface area contributed by atoms with Crippen molar-refractivity contribution in [1.29, 1.82) is 0 Å². The Morgan fingerprint density at radius 1 is 1.07 bits per heavy atom. The molecule has 5 heterocycles. The van der Waals surface area contributed by atoms with Crippen molar-refractivity contribution in [2.75, 3.05) is 5.73 Å². The number of aliphatic hydroxyl groups excluding tert-OH is 1. The van der Waals surface area contributed by atoms with E-state index in [0.29, 0.717) is 46.6 Å². The fourth-order valence-corrected chi connectivity index (χ4v) is 6.28. The lowest BCUT2D eigenvalue weighted by Crippen LogP contribution is -2.49. The van der Waals surface area contributed by atoms with Gasteiger partial charge in [0.2, 0.25) is 0 Å². The Hall–Kier alpha value is -4.25. The predicted molar refractivity (Wildman–Crippen MR) is 143 cm³/mol. The molecule has 3 aromatic heterocycles. The molecule has 2 saturated heterocycles. The van der Waals surface area contributed by atoms with Gasteiger partial charge in [-0.1, -0.05) is 6.07 Å². The first-order valence-electron chi connectivity index (χ1n) is 13.2. The second kappa shape index (κ2) is 9.74. The summed E-state index contributed by atoms with van der Waals surface area (Å²) >= 11 is 0. The Morgan fingerprint density at radius 3 is 2.40 bits per heavy atom. The smallest absolute Gasteiger partial charge is 0.251 e. The van der Waals surface area contributed by atoms with Crippen LogP contribution in [0.15, 0.2) is 42.7 Å². The molecular formula is C29H28F2N6O3. The summed E-state index contributed by atoms with van der Waals surface area (Å²) in [7, 11) is 0. The maximum absolute atomic E-state index is 14.3. The van der Waals surface area contributed by atoms with Gasteiger partial charge in [0.1, 0.15) is 23.6 Å². The number of piperidine rings is 1. The van der Waals surface area contributed by atoms with Gasteiger partial charge in [0.05, 0.1) is 23.1 Å². The standard InChI is InChI=1S/C29H28F2N6O3/c1-14(38)25-26(17-9-19-5-6-20(10-17)36(19)29(40)15(2)39)35-28-22(13-34-37(28)27(25)32)16-3-8-24(33-12-16)21-7-4-18(30)11-23(21)31/h3-4,7-8,11-13,15,17,19-20,39H,5-6,9-10,32H2,1-2H3/t15-,17?,19-,20+/m1/s1. The Kier molecular flexibility index (Phi) is 6.33. The lowest BCUT2D eigenvalue weighted by Gasteiger charge is -2.39. The van der Waals surface area contributed by atoms with E-state index < -0.39 is 17.7 Å². The van der Waals surface area contributed by atoms with Gasteiger partial charge in [-0.15, -0.1) is 0 Å². The summed E-state index contributed by atoms with van der Waals surface area (Å²) in [5.74, 6) is -1.78. The summed E-state index contributed by atoms with van der Waals surface area (Å²) < 4.78 is 29.0. The third-order valence-electron chi connectivity index (χ3n) is 8.08. The largest absolute Gasteiger partial charge is 0.384 e. The van der Waals surface area contributed by atoms with E-state index in [2.05, 4.69) is 10.1 Å². The third-order valence-corrected chi connectivity index (χ3v) is 8.08. The van der Waals surface area contributed by atoms with Crippen molar-refractivity contribution in [3.05, 3.63) is 65.6 Å². The van der Waals surface area contributed by atoms with Crippen LogP contribution >= 0.6 is 0 Å². The Balaban J connectivity index is 1.39. The minimum absolute atomic E-state index is 0.0436. The van der Waals surface area contributed by atoms with E-state index in [0.717, 1.165) is 18.9 Å². The summed E-state index contributed by atoms with van der Waals surface area (Å²) in [6.45, 7) is 2.93. The molecular weight excluding hydrogens is 518 g/mol. The molecule has 4 aromatic rings. The monoisotopic (exact) mass is 546 g/mol. The summed E-state index contributed by atoms with van der Waals surface area (Å²) in [4.78, 5) is 36.6. The zero-order valence-corrected chi connectivity index (χ0v) is 22.0. The quantitative estimate of drug-likeness (QED) is 0.360. The highest BCUT2D eigenvalue weighted by Crippen LogP contribution is 2.45. The average molecular weight is 547 g/mol. The zero-order valence-electron chi connectivity index (χ0n) is 22.0. The van der Waals surface area contributed by atoms with Crippen molar-refractivity contribution in [3.8, 4) is 22.4 Å². The molecule has 11 heteroatoms. The second-order valence-corrected chi connectivity index (χ2v) is 10.6. The number of anilines is 1. The van der Waals surface area contributed by atoms with Crippen molar-refractivity contribution in [2.45, 2.75) is 63.6 Å². The zero-order chi connectivity index (χ0) is 28.3. The SMILES string of the molecule is CC(=O)c1c(C2C[C@H]3CC[C@@H](C2)N3C(=O)[C@@H](C)O)nc2c(-c3ccc(-c4ccc(F)cc4F)nc3)cnn2c1N. The number of benzene rings is 1. The molecule has 2 aliphatic heterocycles. The highest BCUT2D eigenvalue weighted by molar-refractivity contribution is 6.00. The van der Waals surface area contributed by atoms with Gasteiger partial charge >= 0.3 is 0 Å².